The monoisotopic (exact) mass is 266 g/mol. The minimum Gasteiger partial charge on any atom is -0.309 e. The quantitative estimate of drug-likeness (QED) is 0.688. The van der Waals surface area contributed by atoms with Crippen LogP contribution in [0.3, 0.4) is 0 Å². The highest BCUT2D eigenvalue weighted by Crippen LogP contribution is 2.42. The maximum absolute atomic E-state index is 3.77. The van der Waals surface area contributed by atoms with Crippen LogP contribution >= 0.6 is 11.3 Å². The van der Waals surface area contributed by atoms with E-state index in [1.54, 1.807) is 0 Å². The molecule has 3 heteroatoms. The minimum atomic E-state index is 0.627. The third-order valence-electron chi connectivity index (χ3n) is 3.85. The fraction of sp³-hybridized carbons (Fsp3) is 0.733. The van der Waals surface area contributed by atoms with Crippen molar-refractivity contribution < 1.29 is 0 Å². The standard InChI is InChI=1S/C15H26N2S/c1-3-17(4-2)11-6-10-16-15(13-8-9-13)14-7-5-12-18-14/h5,7,12-13,15-16H,3-4,6,8-11H2,1-2H3. The molecule has 1 fully saturated rings. The van der Waals surface area contributed by atoms with Gasteiger partial charge in [0.05, 0.1) is 0 Å². The van der Waals surface area contributed by atoms with Gasteiger partial charge in [-0.15, -0.1) is 11.3 Å². The molecule has 0 bridgehead atoms. The maximum atomic E-state index is 3.77. The Balaban J connectivity index is 1.70. The highest BCUT2D eigenvalue weighted by molar-refractivity contribution is 7.10. The summed E-state index contributed by atoms with van der Waals surface area (Å²) in [7, 11) is 0. The molecule has 0 radical (unpaired) electrons. The summed E-state index contributed by atoms with van der Waals surface area (Å²) < 4.78 is 0. The summed E-state index contributed by atoms with van der Waals surface area (Å²) in [5, 5.41) is 5.97. The van der Waals surface area contributed by atoms with E-state index in [0.29, 0.717) is 6.04 Å². The van der Waals surface area contributed by atoms with E-state index in [1.807, 2.05) is 11.3 Å². The second kappa shape index (κ2) is 7.27. The largest absolute Gasteiger partial charge is 0.309 e. The Labute approximate surface area is 115 Å². The van der Waals surface area contributed by atoms with Crippen LogP contribution in [-0.4, -0.2) is 31.1 Å². The highest BCUT2D eigenvalue weighted by Gasteiger charge is 2.32. The van der Waals surface area contributed by atoms with Gasteiger partial charge in [-0.3, -0.25) is 0 Å². The van der Waals surface area contributed by atoms with E-state index < -0.39 is 0 Å². The third kappa shape index (κ3) is 4.08. The van der Waals surface area contributed by atoms with Crippen molar-refractivity contribution in [2.24, 2.45) is 5.92 Å². The van der Waals surface area contributed by atoms with Gasteiger partial charge in [0.25, 0.3) is 0 Å². The van der Waals surface area contributed by atoms with E-state index in [2.05, 4.69) is 41.6 Å². The van der Waals surface area contributed by atoms with Crippen LogP contribution in [0, 0.1) is 5.92 Å². The number of nitrogens with one attached hydrogen (secondary N) is 1. The van der Waals surface area contributed by atoms with E-state index in [9.17, 15) is 0 Å². The Morgan fingerprint density at radius 3 is 2.72 bits per heavy atom. The van der Waals surface area contributed by atoms with Crippen LogP contribution in [0.25, 0.3) is 0 Å². The second-order valence-electron chi connectivity index (χ2n) is 5.17. The predicted molar refractivity (Wildman–Crippen MR) is 80.2 cm³/mol. The fourth-order valence-corrected chi connectivity index (χ4v) is 3.39. The summed E-state index contributed by atoms with van der Waals surface area (Å²) >= 11 is 1.90. The van der Waals surface area contributed by atoms with Crippen LogP contribution in [-0.2, 0) is 0 Å². The van der Waals surface area contributed by atoms with Gasteiger partial charge in [-0.2, -0.15) is 0 Å². The van der Waals surface area contributed by atoms with Gasteiger partial charge in [-0.05, 0) is 62.8 Å². The first-order valence-electron chi connectivity index (χ1n) is 7.34. The molecule has 2 nitrogen and oxygen atoms in total. The summed E-state index contributed by atoms with van der Waals surface area (Å²) in [6.45, 7) is 9.21. The van der Waals surface area contributed by atoms with Crippen LogP contribution in [0.5, 0.6) is 0 Å². The summed E-state index contributed by atoms with van der Waals surface area (Å²) in [6.07, 6.45) is 4.08. The molecule has 1 saturated carbocycles. The smallest absolute Gasteiger partial charge is 0.0443 e. The molecule has 1 atom stereocenters. The van der Waals surface area contributed by atoms with Crippen LogP contribution < -0.4 is 5.32 Å². The zero-order chi connectivity index (χ0) is 12.8. The van der Waals surface area contributed by atoms with Gasteiger partial charge in [0, 0.05) is 10.9 Å². The van der Waals surface area contributed by atoms with E-state index in [1.165, 1.54) is 43.8 Å². The molecule has 0 saturated heterocycles. The molecule has 2 rings (SSSR count). The lowest BCUT2D eigenvalue weighted by Gasteiger charge is -2.20. The number of thiophene rings is 1. The van der Waals surface area contributed by atoms with Gasteiger partial charge in [0.15, 0.2) is 0 Å². The summed E-state index contributed by atoms with van der Waals surface area (Å²) in [6, 6.07) is 5.08. The molecule has 1 aromatic rings. The van der Waals surface area contributed by atoms with Crippen molar-refractivity contribution in [1.82, 2.24) is 10.2 Å². The van der Waals surface area contributed by atoms with E-state index in [4.69, 9.17) is 0 Å². The molecular weight excluding hydrogens is 240 g/mol. The van der Waals surface area contributed by atoms with Crippen molar-refractivity contribution in [2.45, 2.75) is 39.2 Å². The van der Waals surface area contributed by atoms with Crippen molar-refractivity contribution in [3.05, 3.63) is 22.4 Å². The van der Waals surface area contributed by atoms with Crippen LogP contribution in [0.4, 0.5) is 0 Å². The van der Waals surface area contributed by atoms with Crippen LogP contribution in [0.2, 0.25) is 0 Å². The normalized spacial score (nSPS) is 17.3. The Bertz CT molecular complexity index is 315. The Hall–Kier alpha value is -0.380. The van der Waals surface area contributed by atoms with Crippen molar-refractivity contribution in [2.75, 3.05) is 26.2 Å². The number of hydrogen-bond donors (Lipinski definition) is 1. The van der Waals surface area contributed by atoms with Crippen molar-refractivity contribution in [3.63, 3.8) is 0 Å². The molecular formula is C15H26N2S. The van der Waals surface area contributed by atoms with Gasteiger partial charge >= 0.3 is 0 Å². The number of rotatable bonds is 9. The number of hydrogen-bond acceptors (Lipinski definition) is 3. The van der Waals surface area contributed by atoms with Gasteiger partial charge in [0.1, 0.15) is 0 Å². The molecule has 1 aliphatic carbocycles. The molecule has 0 amide bonds. The molecule has 0 aromatic carbocycles. The van der Waals surface area contributed by atoms with Gasteiger partial charge < -0.3 is 10.2 Å². The lowest BCUT2D eigenvalue weighted by molar-refractivity contribution is 0.294. The third-order valence-corrected chi connectivity index (χ3v) is 4.81. The average molecular weight is 266 g/mol. The molecule has 1 heterocycles. The zero-order valence-corrected chi connectivity index (χ0v) is 12.5. The van der Waals surface area contributed by atoms with Gasteiger partial charge in [-0.25, -0.2) is 0 Å². The van der Waals surface area contributed by atoms with Gasteiger partial charge in [0.2, 0.25) is 0 Å². The molecule has 1 N–H and O–H groups in total. The molecule has 1 unspecified atom stereocenters. The zero-order valence-electron chi connectivity index (χ0n) is 11.7. The first-order valence-corrected chi connectivity index (χ1v) is 8.22. The van der Waals surface area contributed by atoms with Gasteiger partial charge in [-0.1, -0.05) is 19.9 Å². The Morgan fingerprint density at radius 1 is 1.39 bits per heavy atom. The summed E-state index contributed by atoms with van der Waals surface area (Å²) in [5.74, 6) is 0.900. The fourth-order valence-electron chi connectivity index (χ4n) is 2.50. The van der Waals surface area contributed by atoms with E-state index >= 15 is 0 Å². The van der Waals surface area contributed by atoms with Crippen LogP contribution in [0.1, 0.15) is 44.0 Å². The van der Waals surface area contributed by atoms with Crippen molar-refractivity contribution in [1.29, 1.82) is 0 Å². The van der Waals surface area contributed by atoms with Crippen molar-refractivity contribution >= 4 is 11.3 Å². The Kier molecular flexibility index (Phi) is 5.67. The highest BCUT2D eigenvalue weighted by atomic mass is 32.1. The van der Waals surface area contributed by atoms with E-state index in [0.717, 1.165) is 12.5 Å². The lowest BCUT2D eigenvalue weighted by atomic mass is 10.1. The maximum Gasteiger partial charge on any atom is 0.0443 e. The second-order valence-corrected chi connectivity index (χ2v) is 6.14. The molecule has 102 valence electrons. The Morgan fingerprint density at radius 2 is 2.17 bits per heavy atom. The SMILES string of the molecule is CCN(CC)CCCNC(c1cccs1)C1CC1. The predicted octanol–water partition coefficient (Wildman–Crippen LogP) is 3.52. The number of nitrogens with zero attached hydrogens (tertiary/aromatic N) is 1. The molecule has 18 heavy (non-hydrogen) atoms. The van der Waals surface area contributed by atoms with Crippen molar-refractivity contribution in [3.8, 4) is 0 Å². The van der Waals surface area contributed by atoms with Crippen LogP contribution in [0.15, 0.2) is 17.5 Å². The minimum absolute atomic E-state index is 0.627. The first-order chi connectivity index (χ1) is 8.85. The summed E-state index contributed by atoms with van der Waals surface area (Å²) in [4.78, 5) is 4.03. The summed E-state index contributed by atoms with van der Waals surface area (Å²) in [5.41, 5.74) is 0. The average Bonchev–Trinajstić information content (AvgIpc) is 3.09. The molecule has 0 aliphatic heterocycles. The molecule has 0 spiro atoms. The molecule has 1 aromatic heterocycles. The lowest BCUT2D eigenvalue weighted by Crippen LogP contribution is -2.29. The first kappa shape index (κ1) is 14.0. The topological polar surface area (TPSA) is 15.3 Å². The molecule has 1 aliphatic rings. The van der Waals surface area contributed by atoms with E-state index in [-0.39, 0.29) is 0 Å².